The van der Waals surface area contributed by atoms with E-state index in [9.17, 15) is 14.0 Å². The SMILES string of the molecule is O=C(O)CCc1nc2ccccc2c(=O)n1-c1ccc(F)cc1. The number of nitrogens with zero attached hydrogens (tertiary/aromatic N) is 2. The summed E-state index contributed by atoms with van der Waals surface area (Å²) >= 11 is 0. The van der Waals surface area contributed by atoms with Gasteiger partial charge in [0.05, 0.1) is 23.0 Å². The molecule has 0 unspecified atom stereocenters. The Kier molecular flexibility index (Phi) is 3.89. The summed E-state index contributed by atoms with van der Waals surface area (Å²) in [5.74, 6) is -1.05. The zero-order chi connectivity index (χ0) is 16.4. The van der Waals surface area contributed by atoms with Crippen molar-refractivity contribution in [1.82, 2.24) is 9.55 Å². The minimum atomic E-state index is -0.974. The first kappa shape index (κ1) is 14.9. The van der Waals surface area contributed by atoms with Gasteiger partial charge in [-0.15, -0.1) is 0 Å². The third-order valence-corrected chi connectivity index (χ3v) is 3.49. The number of benzene rings is 2. The van der Waals surface area contributed by atoms with E-state index in [4.69, 9.17) is 5.11 Å². The Morgan fingerprint density at radius 1 is 1.13 bits per heavy atom. The standard InChI is InChI=1S/C17H13FN2O3/c18-11-5-7-12(8-6-11)20-15(9-10-16(21)22)19-14-4-2-1-3-13(14)17(20)23/h1-8H,9-10H2,(H,21,22). The number of rotatable bonds is 4. The molecule has 1 aromatic heterocycles. The molecule has 0 radical (unpaired) electrons. The molecule has 0 bridgehead atoms. The van der Waals surface area contributed by atoms with Crippen LogP contribution in [0, 0.1) is 5.82 Å². The van der Waals surface area contributed by atoms with Gasteiger partial charge >= 0.3 is 5.97 Å². The number of halogens is 1. The molecule has 0 fully saturated rings. The second-order valence-electron chi connectivity index (χ2n) is 5.06. The van der Waals surface area contributed by atoms with Crippen LogP contribution in [-0.2, 0) is 11.2 Å². The van der Waals surface area contributed by atoms with Gasteiger partial charge in [0.25, 0.3) is 5.56 Å². The number of aliphatic carboxylic acids is 1. The third-order valence-electron chi connectivity index (χ3n) is 3.49. The van der Waals surface area contributed by atoms with Crippen LogP contribution in [0.3, 0.4) is 0 Å². The number of fused-ring (bicyclic) bond motifs is 1. The smallest absolute Gasteiger partial charge is 0.303 e. The normalized spacial score (nSPS) is 10.8. The number of carbonyl (C=O) groups is 1. The van der Waals surface area contributed by atoms with Crippen LogP contribution in [0.1, 0.15) is 12.2 Å². The van der Waals surface area contributed by atoms with Crippen LogP contribution in [0.2, 0.25) is 0 Å². The Hall–Kier alpha value is -3.02. The summed E-state index contributed by atoms with van der Waals surface area (Å²) in [7, 11) is 0. The van der Waals surface area contributed by atoms with Crippen molar-refractivity contribution >= 4 is 16.9 Å². The molecule has 3 rings (SSSR count). The van der Waals surface area contributed by atoms with Crippen LogP contribution >= 0.6 is 0 Å². The van der Waals surface area contributed by atoms with Crippen molar-refractivity contribution in [3.8, 4) is 5.69 Å². The molecule has 0 saturated carbocycles. The molecule has 1 heterocycles. The van der Waals surface area contributed by atoms with E-state index in [-0.39, 0.29) is 18.4 Å². The number of hydrogen-bond acceptors (Lipinski definition) is 3. The maximum absolute atomic E-state index is 13.1. The molecule has 1 N–H and O–H groups in total. The largest absolute Gasteiger partial charge is 0.481 e. The lowest BCUT2D eigenvalue weighted by Crippen LogP contribution is -2.24. The number of aryl methyl sites for hydroxylation is 1. The van der Waals surface area contributed by atoms with Crippen LogP contribution in [0.4, 0.5) is 4.39 Å². The first-order valence-corrected chi connectivity index (χ1v) is 7.04. The van der Waals surface area contributed by atoms with Gasteiger partial charge in [0.1, 0.15) is 11.6 Å². The summed E-state index contributed by atoms with van der Waals surface area (Å²) in [4.78, 5) is 28.0. The minimum absolute atomic E-state index is 0.104. The van der Waals surface area contributed by atoms with Gasteiger partial charge in [-0.2, -0.15) is 0 Å². The fourth-order valence-corrected chi connectivity index (χ4v) is 2.42. The van der Waals surface area contributed by atoms with Gasteiger partial charge in [-0.25, -0.2) is 9.37 Å². The van der Waals surface area contributed by atoms with Crippen molar-refractivity contribution in [3.05, 3.63) is 70.5 Å². The predicted octanol–water partition coefficient (Wildman–Crippen LogP) is 2.54. The maximum atomic E-state index is 13.1. The highest BCUT2D eigenvalue weighted by atomic mass is 19.1. The first-order chi connectivity index (χ1) is 11.1. The van der Waals surface area contributed by atoms with E-state index in [2.05, 4.69) is 4.98 Å². The topological polar surface area (TPSA) is 72.2 Å². The van der Waals surface area contributed by atoms with Crippen molar-refractivity contribution < 1.29 is 14.3 Å². The Balaban J connectivity index is 2.25. The molecule has 116 valence electrons. The van der Waals surface area contributed by atoms with Crippen LogP contribution in [-0.4, -0.2) is 20.6 Å². The summed E-state index contributed by atoms with van der Waals surface area (Å²) in [5, 5.41) is 9.32. The molecule has 3 aromatic rings. The van der Waals surface area contributed by atoms with Crippen molar-refractivity contribution in [2.45, 2.75) is 12.8 Å². The van der Waals surface area contributed by atoms with Gasteiger partial charge < -0.3 is 5.11 Å². The summed E-state index contributed by atoms with van der Waals surface area (Å²) in [6.07, 6.45) is -0.0429. The second-order valence-corrected chi connectivity index (χ2v) is 5.06. The summed E-state index contributed by atoms with van der Waals surface area (Å²) in [6, 6.07) is 12.3. The van der Waals surface area contributed by atoms with E-state index in [1.165, 1.54) is 28.8 Å². The van der Waals surface area contributed by atoms with E-state index < -0.39 is 11.8 Å². The zero-order valence-electron chi connectivity index (χ0n) is 12.1. The Morgan fingerprint density at radius 3 is 2.52 bits per heavy atom. The van der Waals surface area contributed by atoms with Gasteiger partial charge in [0.15, 0.2) is 0 Å². The highest BCUT2D eigenvalue weighted by Gasteiger charge is 2.13. The monoisotopic (exact) mass is 312 g/mol. The number of carboxylic acid groups (broad SMARTS) is 1. The highest BCUT2D eigenvalue weighted by molar-refractivity contribution is 5.78. The lowest BCUT2D eigenvalue weighted by atomic mass is 10.2. The van der Waals surface area contributed by atoms with E-state index in [1.807, 2.05) is 0 Å². The summed E-state index contributed by atoms with van der Waals surface area (Å²) in [6.45, 7) is 0. The van der Waals surface area contributed by atoms with Gasteiger partial charge in [0.2, 0.25) is 0 Å². The molecule has 0 aliphatic rings. The molecule has 0 saturated heterocycles. The van der Waals surface area contributed by atoms with Gasteiger partial charge in [-0.05, 0) is 36.4 Å². The average molecular weight is 312 g/mol. The Morgan fingerprint density at radius 2 is 1.83 bits per heavy atom. The summed E-state index contributed by atoms with van der Waals surface area (Å²) in [5.41, 5.74) is 0.661. The van der Waals surface area contributed by atoms with Crippen molar-refractivity contribution in [1.29, 1.82) is 0 Å². The molecule has 6 heteroatoms. The van der Waals surface area contributed by atoms with Crippen LogP contribution < -0.4 is 5.56 Å². The Bertz CT molecular complexity index is 933. The predicted molar refractivity (Wildman–Crippen MR) is 83.3 cm³/mol. The first-order valence-electron chi connectivity index (χ1n) is 7.04. The van der Waals surface area contributed by atoms with Crippen LogP contribution in [0.15, 0.2) is 53.3 Å². The molecule has 0 atom stereocenters. The lowest BCUT2D eigenvalue weighted by Gasteiger charge is -2.13. The van der Waals surface area contributed by atoms with Gasteiger partial charge in [-0.1, -0.05) is 12.1 Å². The van der Waals surface area contributed by atoms with E-state index in [1.54, 1.807) is 24.3 Å². The summed E-state index contributed by atoms with van der Waals surface area (Å²) < 4.78 is 14.5. The fourth-order valence-electron chi connectivity index (χ4n) is 2.42. The number of aromatic nitrogens is 2. The molecule has 0 aliphatic heterocycles. The highest BCUT2D eigenvalue weighted by Crippen LogP contribution is 2.14. The van der Waals surface area contributed by atoms with E-state index >= 15 is 0 Å². The Labute approximate surface area is 130 Å². The molecule has 0 amide bonds. The maximum Gasteiger partial charge on any atom is 0.303 e. The molecule has 0 aliphatic carbocycles. The second kappa shape index (κ2) is 6.00. The molecular weight excluding hydrogens is 299 g/mol. The lowest BCUT2D eigenvalue weighted by molar-refractivity contribution is -0.137. The fraction of sp³-hybridized carbons (Fsp3) is 0.118. The quantitative estimate of drug-likeness (QED) is 0.803. The average Bonchev–Trinajstić information content (AvgIpc) is 2.54. The molecule has 0 spiro atoms. The number of hydrogen-bond donors (Lipinski definition) is 1. The van der Waals surface area contributed by atoms with E-state index in [0.717, 1.165) is 0 Å². The van der Waals surface area contributed by atoms with Crippen molar-refractivity contribution in [2.24, 2.45) is 0 Å². The van der Waals surface area contributed by atoms with Gasteiger partial charge in [-0.3, -0.25) is 14.2 Å². The van der Waals surface area contributed by atoms with Crippen molar-refractivity contribution in [2.75, 3.05) is 0 Å². The number of carboxylic acids is 1. The third kappa shape index (κ3) is 2.96. The van der Waals surface area contributed by atoms with Crippen LogP contribution in [0.25, 0.3) is 16.6 Å². The van der Waals surface area contributed by atoms with Gasteiger partial charge in [0, 0.05) is 6.42 Å². The molecule has 5 nitrogen and oxygen atoms in total. The molecule has 23 heavy (non-hydrogen) atoms. The van der Waals surface area contributed by atoms with Crippen LogP contribution in [0.5, 0.6) is 0 Å². The number of para-hydroxylation sites is 1. The van der Waals surface area contributed by atoms with E-state index in [0.29, 0.717) is 22.4 Å². The van der Waals surface area contributed by atoms with Crippen molar-refractivity contribution in [3.63, 3.8) is 0 Å². The minimum Gasteiger partial charge on any atom is -0.481 e. The zero-order valence-corrected chi connectivity index (χ0v) is 12.1. The molecular formula is C17H13FN2O3. The molecule has 2 aromatic carbocycles.